The predicted octanol–water partition coefficient (Wildman–Crippen LogP) is 7.79. The van der Waals surface area contributed by atoms with Crippen LogP contribution >= 0.6 is 17.2 Å². The Bertz CT molecular complexity index is 1060. The van der Waals surface area contributed by atoms with Crippen LogP contribution < -0.4 is 9.05 Å². The summed E-state index contributed by atoms with van der Waals surface area (Å²) in [6, 6.07) is 8.94. The van der Waals surface area contributed by atoms with Crippen LogP contribution in [-0.4, -0.2) is 26.4 Å². The van der Waals surface area contributed by atoms with Crippen molar-refractivity contribution in [3.05, 3.63) is 57.6 Å². The lowest BCUT2D eigenvalue weighted by atomic mass is 9.81. The lowest BCUT2D eigenvalue weighted by Gasteiger charge is -2.43. The van der Waals surface area contributed by atoms with Gasteiger partial charge in [-0.2, -0.15) is 0 Å². The summed E-state index contributed by atoms with van der Waals surface area (Å²) in [5, 5.41) is 0. The van der Waals surface area contributed by atoms with E-state index in [9.17, 15) is 0 Å². The molecule has 0 atom stereocenters. The molecular formula is C28H38O6P2. The zero-order valence-electron chi connectivity index (χ0n) is 22.7. The third kappa shape index (κ3) is 5.32. The van der Waals surface area contributed by atoms with Crippen molar-refractivity contribution in [3.63, 3.8) is 0 Å². The molecule has 6 rings (SSSR count). The summed E-state index contributed by atoms with van der Waals surface area (Å²) >= 11 is 0. The van der Waals surface area contributed by atoms with Gasteiger partial charge in [-0.05, 0) is 35.8 Å². The molecule has 0 aromatic heterocycles. The predicted molar refractivity (Wildman–Crippen MR) is 144 cm³/mol. The van der Waals surface area contributed by atoms with Crippen LogP contribution in [0.15, 0.2) is 24.3 Å². The number of hydrogen-bond acceptors (Lipinski definition) is 6. The molecule has 2 bridgehead atoms. The van der Waals surface area contributed by atoms with E-state index >= 15 is 0 Å². The van der Waals surface area contributed by atoms with E-state index in [1.165, 1.54) is 33.4 Å². The first kappa shape index (κ1) is 26.4. The SMILES string of the molecule is Cc1cc2c(c(C(C)(C)C)c1)OP(OCC13COP(OC1)OC3)Oc1c(cc(C)cc1C(C)(C)C)C2. The molecule has 3 saturated heterocycles. The number of benzene rings is 2. The maximum atomic E-state index is 6.70. The summed E-state index contributed by atoms with van der Waals surface area (Å²) in [6.45, 7) is 19.7. The Morgan fingerprint density at radius 2 is 1.19 bits per heavy atom. The van der Waals surface area contributed by atoms with Crippen molar-refractivity contribution in [3.8, 4) is 11.5 Å². The van der Waals surface area contributed by atoms with Crippen molar-refractivity contribution < 1.29 is 27.1 Å². The summed E-state index contributed by atoms with van der Waals surface area (Å²) in [5.41, 5.74) is 6.58. The van der Waals surface area contributed by atoms with Crippen LogP contribution in [-0.2, 0) is 35.3 Å². The molecule has 4 aliphatic heterocycles. The molecule has 0 spiro atoms. The molecule has 0 N–H and O–H groups in total. The Kier molecular flexibility index (Phi) is 6.94. The molecule has 4 aliphatic rings. The molecule has 3 fully saturated rings. The van der Waals surface area contributed by atoms with Crippen molar-refractivity contribution in [2.45, 2.75) is 72.6 Å². The van der Waals surface area contributed by atoms with Gasteiger partial charge in [-0.1, -0.05) is 76.9 Å². The Hall–Kier alpha value is -1.26. The third-order valence-corrected chi connectivity index (χ3v) is 8.88. The first-order chi connectivity index (χ1) is 16.8. The lowest BCUT2D eigenvalue weighted by Crippen LogP contribution is -2.46. The Balaban J connectivity index is 1.59. The second-order valence-corrected chi connectivity index (χ2v) is 14.8. The van der Waals surface area contributed by atoms with E-state index < -0.39 is 17.2 Å². The molecule has 0 aliphatic carbocycles. The molecule has 4 heterocycles. The molecule has 0 radical (unpaired) electrons. The van der Waals surface area contributed by atoms with Gasteiger partial charge in [0.25, 0.3) is 0 Å². The smallest absolute Gasteiger partial charge is 0.417 e. The average Bonchev–Trinajstić information content (AvgIpc) is 2.78. The van der Waals surface area contributed by atoms with Gasteiger partial charge in [-0.15, -0.1) is 0 Å². The summed E-state index contributed by atoms with van der Waals surface area (Å²) in [6.07, 6.45) is 0.742. The fourth-order valence-corrected chi connectivity index (χ4v) is 7.45. The van der Waals surface area contributed by atoms with Gasteiger partial charge in [0.1, 0.15) is 11.5 Å². The molecule has 0 amide bonds. The minimum atomic E-state index is -1.74. The molecule has 6 nitrogen and oxygen atoms in total. The summed E-state index contributed by atoms with van der Waals surface area (Å²) < 4.78 is 37.0. The number of hydrogen-bond donors (Lipinski definition) is 0. The van der Waals surface area contributed by atoms with Crippen LogP contribution in [0, 0.1) is 19.3 Å². The third-order valence-electron chi connectivity index (χ3n) is 6.85. The lowest BCUT2D eigenvalue weighted by molar-refractivity contribution is -0.0926. The van der Waals surface area contributed by atoms with E-state index in [1.807, 2.05) is 0 Å². The standard InChI is InChI=1S/C28H38O6P2/c1-18-9-20-13-21-10-19(2)12-23(27(6,7)8)25(21)34-36(33-24(20)22(11-18)26(3,4)5)32-17-28-14-29-35(30-15-28)31-16-28/h9-12H,13-17H2,1-8H3. The van der Waals surface area contributed by atoms with Crippen molar-refractivity contribution in [2.24, 2.45) is 5.41 Å². The summed E-state index contributed by atoms with van der Waals surface area (Å²) in [4.78, 5) is 0. The Labute approximate surface area is 218 Å². The molecule has 0 unspecified atom stereocenters. The highest BCUT2D eigenvalue weighted by Gasteiger charge is 2.46. The average molecular weight is 533 g/mol. The zero-order chi connectivity index (χ0) is 25.9. The fourth-order valence-electron chi connectivity index (χ4n) is 4.83. The monoisotopic (exact) mass is 532 g/mol. The zero-order valence-corrected chi connectivity index (χ0v) is 24.5. The van der Waals surface area contributed by atoms with E-state index in [0.717, 1.165) is 17.9 Å². The Morgan fingerprint density at radius 3 is 1.61 bits per heavy atom. The quantitative estimate of drug-likeness (QED) is 0.376. The highest BCUT2D eigenvalue weighted by atomic mass is 31.2. The molecule has 2 aromatic rings. The van der Waals surface area contributed by atoms with Crippen LogP contribution in [0.4, 0.5) is 0 Å². The molecule has 8 heteroatoms. The van der Waals surface area contributed by atoms with Crippen molar-refractivity contribution in [1.29, 1.82) is 0 Å². The number of aryl methyl sites for hydroxylation is 2. The molecular weight excluding hydrogens is 494 g/mol. The second kappa shape index (κ2) is 9.49. The van der Waals surface area contributed by atoms with Crippen molar-refractivity contribution in [2.75, 3.05) is 26.4 Å². The van der Waals surface area contributed by atoms with Crippen LogP contribution in [0.1, 0.15) is 74.9 Å². The Morgan fingerprint density at radius 1 is 0.750 bits per heavy atom. The van der Waals surface area contributed by atoms with E-state index in [-0.39, 0.29) is 16.2 Å². The topological polar surface area (TPSA) is 55.4 Å². The van der Waals surface area contributed by atoms with Gasteiger partial charge in [0.2, 0.25) is 0 Å². The van der Waals surface area contributed by atoms with E-state index in [4.69, 9.17) is 27.1 Å². The van der Waals surface area contributed by atoms with Gasteiger partial charge in [0.15, 0.2) is 0 Å². The minimum absolute atomic E-state index is 0.0968. The van der Waals surface area contributed by atoms with Crippen LogP contribution in [0.5, 0.6) is 11.5 Å². The fraction of sp³-hybridized carbons (Fsp3) is 0.571. The molecule has 2 aromatic carbocycles. The van der Waals surface area contributed by atoms with Crippen LogP contribution in [0.3, 0.4) is 0 Å². The highest BCUT2D eigenvalue weighted by Crippen LogP contribution is 2.56. The molecule has 0 saturated carbocycles. The van der Waals surface area contributed by atoms with E-state index in [0.29, 0.717) is 26.4 Å². The van der Waals surface area contributed by atoms with Gasteiger partial charge in [-0.3, -0.25) is 4.52 Å². The number of fused-ring (bicyclic) bond motifs is 5. The van der Waals surface area contributed by atoms with E-state index in [2.05, 4.69) is 79.7 Å². The summed E-state index contributed by atoms with van der Waals surface area (Å²) in [7, 11) is -2.93. The normalized spacial score (nSPS) is 24.3. The van der Waals surface area contributed by atoms with Gasteiger partial charge in [0.05, 0.1) is 31.8 Å². The van der Waals surface area contributed by atoms with Gasteiger partial charge >= 0.3 is 17.2 Å². The maximum Gasteiger partial charge on any atom is 0.463 e. The van der Waals surface area contributed by atoms with Gasteiger partial charge in [0, 0.05) is 17.5 Å². The first-order valence-corrected chi connectivity index (χ1v) is 14.8. The second-order valence-electron chi connectivity index (χ2n) is 12.5. The molecule has 36 heavy (non-hydrogen) atoms. The highest BCUT2D eigenvalue weighted by molar-refractivity contribution is 7.42. The number of rotatable bonds is 3. The minimum Gasteiger partial charge on any atom is -0.417 e. The van der Waals surface area contributed by atoms with Gasteiger partial charge in [-0.25, -0.2) is 0 Å². The summed E-state index contributed by atoms with van der Waals surface area (Å²) in [5.74, 6) is 1.75. The first-order valence-electron chi connectivity index (χ1n) is 12.6. The van der Waals surface area contributed by atoms with Crippen molar-refractivity contribution in [1.82, 2.24) is 0 Å². The van der Waals surface area contributed by atoms with Crippen LogP contribution in [0.25, 0.3) is 0 Å². The van der Waals surface area contributed by atoms with E-state index in [1.54, 1.807) is 0 Å². The van der Waals surface area contributed by atoms with Gasteiger partial charge < -0.3 is 22.6 Å². The van der Waals surface area contributed by atoms with Crippen molar-refractivity contribution >= 4 is 17.2 Å². The maximum absolute atomic E-state index is 6.70. The molecule has 196 valence electrons. The largest absolute Gasteiger partial charge is 0.463 e. The van der Waals surface area contributed by atoms with Crippen LogP contribution in [0.2, 0.25) is 0 Å².